The van der Waals surface area contributed by atoms with Crippen LogP contribution in [0.2, 0.25) is 0 Å². The largest absolute Gasteiger partial charge is 0.481 e. The standard InChI is InChI=1S/C23H30N4O4/c1-15(2)21-25-23(31-26-21)27-11-9-16(10-12-27)14-30-20-8-7-19(13-24-20)17-3-5-18(6-4-17)22(28)29/h3,7-8,13,15-16,18H,4-6,9-12,14H2,1-2H3,(H,28,29). The van der Waals surface area contributed by atoms with E-state index in [4.69, 9.17) is 14.4 Å². The molecular weight excluding hydrogens is 396 g/mol. The summed E-state index contributed by atoms with van der Waals surface area (Å²) in [4.78, 5) is 22.2. The number of allylic oxidation sites excluding steroid dienone is 2. The third-order valence-electron chi connectivity index (χ3n) is 6.17. The highest BCUT2D eigenvalue weighted by atomic mass is 16.5. The van der Waals surface area contributed by atoms with E-state index in [0.717, 1.165) is 43.7 Å². The summed E-state index contributed by atoms with van der Waals surface area (Å²) >= 11 is 0. The van der Waals surface area contributed by atoms with Crippen LogP contribution in [0.15, 0.2) is 28.9 Å². The summed E-state index contributed by atoms with van der Waals surface area (Å²) < 4.78 is 11.3. The first-order valence-corrected chi connectivity index (χ1v) is 11.1. The minimum Gasteiger partial charge on any atom is -0.481 e. The zero-order chi connectivity index (χ0) is 21.8. The molecule has 31 heavy (non-hydrogen) atoms. The van der Waals surface area contributed by atoms with Gasteiger partial charge in [-0.05, 0) is 55.2 Å². The number of ether oxygens (including phenoxy) is 1. The Balaban J connectivity index is 1.23. The van der Waals surface area contributed by atoms with Gasteiger partial charge in [0.15, 0.2) is 5.82 Å². The minimum atomic E-state index is -0.708. The summed E-state index contributed by atoms with van der Waals surface area (Å²) in [6, 6.07) is 4.53. The summed E-state index contributed by atoms with van der Waals surface area (Å²) in [5, 5.41) is 13.2. The molecule has 8 nitrogen and oxygen atoms in total. The van der Waals surface area contributed by atoms with Gasteiger partial charge < -0.3 is 19.3 Å². The van der Waals surface area contributed by atoms with Crippen molar-refractivity contribution < 1.29 is 19.2 Å². The van der Waals surface area contributed by atoms with Gasteiger partial charge in [0.1, 0.15) is 0 Å². The summed E-state index contributed by atoms with van der Waals surface area (Å²) in [5.41, 5.74) is 2.22. The number of hydrogen-bond acceptors (Lipinski definition) is 7. The van der Waals surface area contributed by atoms with Gasteiger partial charge in [0, 0.05) is 31.3 Å². The maximum atomic E-state index is 11.1. The number of aromatic nitrogens is 3. The van der Waals surface area contributed by atoms with Gasteiger partial charge in [-0.25, -0.2) is 4.98 Å². The predicted octanol–water partition coefficient (Wildman–Crippen LogP) is 4.15. The number of rotatable bonds is 7. The lowest BCUT2D eigenvalue weighted by Crippen LogP contribution is -2.35. The lowest BCUT2D eigenvalue weighted by molar-refractivity contribution is -0.141. The van der Waals surface area contributed by atoms with Gasteiger partial charge in [0.05, 0.1) is 12.5 Å². The van der Waals surface area contributed by atoms with E-state index in [1.165, 1.54) is 5.57 Å². The van der Waals surface area contributed by atoms with Crippen molar-refractivity contribution in [1.82, 2.24) is 15.1 Å². The number of anilines is 1. The van der Waals surface area contributed by atoms with E-state index in [1.807, 2.05) is 24.4 Å². The van der Waals surface area contributed by atoms with Crippen LogP contribution in [0.1, 0.15) is 63.3 Å². The Kier molecular flexibility index (Phi) is 6.53. The number of aliphatic carboxylic acids is 1. The van der Waals surface area contributed by atoms with Gasteiger partial charge >= 0.3 is 12.0 Å². The van der Waals surface area contributed by atoms with Crippen molar-refractivity contribution in [2.75, 3.05) is 24.6 Å². The molecule has 166 valence electrons. The summed E-state index contributed by atoms with van der Waals surface area (Å²) in [7, 11) is 0. The molecule has 0 aromatic carbocycles. The first kappa shape index (κ1) is 21.3. The fraction of sp³-hybridized carbons (Fsp3) is 0.565. The molecule has 2 aliphatic rings. The SMILES string of the molecule is CC(C)c1noc(N2CCC(COc3ccc(C4=CCC(C(=O)O)CC4)cn3)CC2)n1. The second-order valence-corrected chi connectivity index (χ2v) is 8.76. The number of hydrogen-bond donors (Lipinski definition) is 1. The average molecular weight is 427 g/mol. The first-order chi connectivity index (χ1) is 15.0. The van der Waals surface area contributed by atoms with Crippen molar-refractivity contribution in [2.24, 2.45) is 11.8 Å². The summed E-state index contributed by atoms with van der Waals surface area (Å²) in [6.45, 7) is 6.51. The Hall–Kier alpha value is -2.90. The second-order valence-electron chi connectivity index (χ2n) is 8.76. The highest BCUT2D eigenvalue weighted by Gasteiger charge is 2.24. The van der Waals surface area contributed by atoms with Gasteiger partial charge in [-0.3, -0.25) is 4.79 Å². The minimum absolute atomic E-state index is 0.261. The molecule has 1 fully saturated rings. The number of nitrogens with zero attached hydrogens (tertiary/aromatic N) is 4. The molecule has 1 aliphatic heterocycles. The Morgan fingerprint density at radius 2 is 2.10 bits per heavy atom. The maximum absolute atomic E-state index is 11.1. The summed E-state index contributed by atoms with van der Waals surface area (Å²) in [5.74, 6) is 1.14. The number of carboxylic acids is 1. The van der Waals surface area contributed by atoms with Gasteiger partial charge in [-0.15, -0.1) is 0 Å². The number of carboxylic acid groups (broad SMARTS) is 1. The van der Waals surface area contributed by atoms with Crippen molar-refractivity contribution in [3.05, 3.63) is 35.8 Å². The number of carbonyl (C=O) groups is 1. The second kappa shape index (κ2) is 9.49. The van der Waals surface area contributed by atoms with Gasteiger partial charge in [0.2, 0.25) is 5.88 Å². The van der Waals surface area contributed by atoms with Crippen LogP contribution in [0.3, 0.4) is 0 Å². The van der Waals surface area contributed by atoms with Crippen LogP contribution in [0, 0.1) is 11.8 Å². The molecule has 1 saturated heterocycles. The molecular formula is C23H30N4O4. The molecule has 0 amide bonds. The van der Waals surface area contributed by atoms with E-state index >= 15 is 0 Å². The van der Waals surface area contributed by atoms with Gasteiger partial charge in [-0.1, -0.05) is 25.1 Å². The third kappa shape index (κ3) is 5.24. The Bertz CT molecular complexity index is 914. The van der Waals surface area contributed by atoms with E-state index in [-0.39, 0.29) is 11.8 Å². The first-order valence-electron chi connectivity index (χ1n) is 11.1. The molecule has 2 aromatic rings. The van der Waals surface area contributed by atoms with Crippen molar-refractivity contribution in [1.29, 1.82) is 0 Å². The normalized spacial score (nSPS) is 20.0. The highest BCUT2D eigenvalue weighted by Crippen LogP contribution is 2.30. The molecule has 1 aliphatic carbocycles. The van der Waals surface area contributed by atoms with Crippen LogP contribution in [0.4, 0.5) is 6.01 Å². The fourth-order valence-corrected chi connectivity index (χ4v) is 4.06. The Morgan fingerprint density at radius 3 is 2.68 bits per heavy atom. The molecule has 1 unspecified atom stereocenters. The molecule has 3 heterocycles. The summed E-state index contributed by atoms with van der Waals surface area (Å²) in [6.07, 6.45) is 7.92. The fourth-order valence-electron chi connectivity index (χ4n) is 4.06. The van der Waals surface area contributed by atoms with E-state index in [1.54, 1.807) is 0 Å². The number of pyridine rings is 1. The Labute approximate surface area is 182 Å². The van der Waals surface area contributed by atoms with Crippen LogP contribution in [-0.4, -0.2) is 45.9 Å². The Morgan fingerprint density at radius 1 is 1.29 bits per heavy atom. The van der Waals surface area contributed by atoms with Crippen LogP contribution in [-0.2, 0) is 4.79 Å². The van der Waals surface area contributed by atoms with Crippen LogP contribution in [0.5, 0.6) is 5.88 Å². The van der Waals surface area contributed by atoms with Crippen LogP contribution < -0.4 is 9.64 Å². The molecule has 8 heteroatoms. The van der Waals surface area contributed by atoms with Crippen LogP contribution in [0.25, 0.3) is 5.57 Å². The zero-order valence-electron chi connectivity index (χ0n) is 18.2. The molecule has 0 spiro atoms. The van der Waals surface area contributed by atoms with E-state index in [0.29, 0.717) is 37.3 Å². The molecule has 2 aromatic heterocycles. The van der Waals surface area contributed by atoms with E-state index < -0.39 is 5.97 Å². The highest BCUT2D eigenvalue weighted by molar-refractivity contribution is 5.73. The van der Waals surface area contributed by atoms with Crippen molar-refractivity contribution in [3.63, 3.8) is 0 Å². The molecule has 1 atom stereocenters. The lowest BCUT2D eigenvalue weighted by Gasteiger charge is -2.30. The maximum Gasteiger partial charge on any atom is 0.324 e. The molecule has 4 rings (SSSR count). The predicted molar refractivity (Wildman–Crippen MR) is 116 cm³/mol. The molecule has 0 saturated carbocycles. The molecule has 0 bridgehead atoms. The quantitative estimate of drug-likeness (QED) is 0.704. The topological polar surface area (TPSA) is 102 Å². The average Bonchev–Trinajstić information content (AvgIpc) is 3.29. The monoisotopic (exact) mass is 426 g/mol. The van der Waals surface area contributed by atoms with E-state index in [9.17, 15) is 4.79 Å². The van der Waals surface area contributed by atoms with Crippen molar-refractivity contribution >= 4 is 17.6 Å². The zero-order valence-corrected chi connectivity index (χ0v) is 18.2. The lowest BCUT2D eigenvalue weighted by atomic mass is 9.87. The van der Waals surface area contributed by atoms with Crippen LogP contribution >= 0.6 is 0 Å². The smallest absolute Gasteiger partial charge is 0.324 e. The molecule has 0 radical (unpaired) electrons. The van der Waals surface area contributed by atoms with Crippen molar-refractivity contribution in [3.8, 4) is 5.88 Å². The molecule has 1 N–H and O–H groups in total. The third-order valence-corrected chi connectivity index (χ3v) is 6.17. The van der Waals surface area contributed by atoms with Gasteiger partial charge in [-0.2, -0.15) is 4.98 Å². The van der Waals surface area contributed by atoms with Gasteiger partial charge in [0.25, 0.3) is 0 Å². The van der Waals surface area contributed by atoms with E-state index in [2.05, 4.69) is 33.9 Å². The van der Waals surface area contributed by atoms with Crippen molar-refractivity contribution in [2.45, 2.75) is 51.9 Å². The number of piperidine rings is 1.